The fourth-order valence-corrected chi connectivity index (χ4v) is 4.26. The molecule has 6 nitrogen and oxygen atoms in total. The molecule has 7 heteroatoms. The summed E-state index contributed by atoms with van der Waals surface area (Å²) in [6.45, 7) is 2.31. The molecule has 27 heavy (non-hydrogen) atoms. The van der Waals surface area contributed by atoms with Crippen LogP contribution in [0.2, 0.25) is 0 Å². The van der Waals surface area contributed by atoms with Gasteiger partial charge in [-0.1, -0.05) is 24.3 Å². The van der Waals surface area contributed by atoms with Crippen LogP contribution in [0.4, 0.5) is 0 Å². The third-order valence-electron chi connectivity index (χ3n) is 4.54. The van der Waals surface area contributed by atoms with Gasteiger partial charge in [0.05, 0.1) is 12.0 Å². The molecule has 0 bridgehead atoms. The fraction of sp³-hybridized carbons (Fsp3) is 0.350. The molecule has 1 amide bonds. The van der Waals surface area contributed by atoms with E-state index in [0.717, 1.165) is 11.1 Å². The lowest BCUT2D eigenvalue weighted by Gasteiger charge is -2.27. The minimum absolute atomic E-state index is 0.0899. The highest BCUT2D eigenvalue weighted by Gasteiger charge is 2.33. The molecular weight excluding hydrogens is 366 g/mol. The summed E-state index contributed by atoms with van der Waals surface area (Å²) in [5.74, 6) is 0.619. The molecule has 0 aromatic heterocycles. The van der Waals surface area contributed by atoms with Crippen molar-refractivity contribution in [1.82, 2.24) is 4.90 Å². The maximum Gasteiger partial charge on any atom is 0.299 e. The molecule has 0 N–H and O–H groups in total. The van der Waals surface area contributed by atoms with Crippen LogP contribution in [0.1, 0.15) is 24.0 Å². The number of nitrogens with zero attached hydrogens (tertiary/aromatic N) is 1. The zero-order chi connectivity index (χ0) is 19.4. The van der Waals surface area contributed by atoms with E-state index in [0.29, 0.717) is 25.1 Å². The molecule has 2 aromatic carbocycles. The topological polar surface area (TPSA) is 72.9 Å². The molecular formula is C20H23NO5S. The molecule has 1 unspecified atom stereocenters. The number of hydrogen-bond acceptors (Lipinski definition) is 5. The first-order chi connectivity index (χ1) is 12.9. The van der Waals surface area contributed by atoms with E-state index >= 15 is 0 Å². The Morgan fingerprint density at radius 2 is 1.89 bits per heavy atom. The fourth-order valence-electron chi connectivity index (χ4n) is 3.11. The molecule has 0 saturated carbocycles. The molecule has 1 fully saturated rings. The maximum atomic E-state index is 12.8. The van der Waals surface area contributed by atoms with Gasteiger partial charge in [0, 0.05) is 19.4 Å². The number of amides is 1. The lowest BCUT2D eigenvalue weighted by atomic mass is 10.1. The molecule has 0 radical (unpaired) electrons. The van der Waals surface area contributed by atoms with Crippen molar-refractivity contribution < 1.29 is 22.1 Å². The first kappa shape index (κ1) is 19.4. The Morgan fingerprint density at radius 3 is 2.48 bits per heavy atom. The quantitative estimate of drug-likeness (QED) is 0.681. The van der Waals surface area contributed by atoms with Crippen LogP contribution in [-0.4, -0.2) is 39.1 Å². The van der Waals surface area contributed by atoms with Crippen molar-refractivity contribution in [1.29, 1.82) is 0 Å². The average Bonchev–Trinajstić information content (AvgIpc) is 3.07. The molecule has 1 aliphatic rings. The molecule has 2 aromatic rings. The molecule has 1 aliphatic heterocycles. The van der Waals surface area contributed by atoms with E-state index in [4.69, 9.17) is 8.92 Å². The summed E-state index contributed by atoms with van der Waals surface area (Å²) in [4.78, 5) is 13.8. The van der Waals surface area contributed by atoms with Crippen molar-refractivity contribution in [2.45, 2.75) is 37.3 Å². The standard InChI is InChI=1S/C20H23NO5S/c1-15-5-3-6-18(13-15)27(23,24)26-20(21-12-4-7-19(21)22)14-16-8-10-17(25-2)11-9-16/h3,5-6,8-11,13,20H,4,7,12,14H2,1-2H3. The molecule has 1 saturated heterocycles. The highest BCUT2D eigenvalue weighted by Crippen LogP contribution is 2.24. The smallest absolute Gasteiger partial charge is 0.299 e. The normalized spacial score (nSPS) is 15.8. The van der Waals surface area contributed by atoms with E-state index in [9.17, 15) is 13.2 Å². The molecule has 0 aliphatic carbocycles. The molecule has 1 heterocycles. The van der Waals surface area contributed by atoms with Crippen LogP contribution in [-0.2, 0) is 25.5 Å². The summed E-state index contributed by atoms with van der Waals surface area (Å²) in [6, 6.07) is 13.8. The number of aryl methyl sites for hydroxylation is 1. The number of ether oxygens (including phenoxy) is 1. The van der Waals surface area contributed by atoms with Gasteiger partial charge in [-0.25, -0.2) is 4.18 Å². The van der Waals surface area contributed by atoms with Gasteiger partial charge in [0.1, 0.15) is 5.75 Å². The first-order valence-corrected chi connectivity index (χ1v) is 10.2. The molecule has 3 rings (SSSR count). The summed E-state index contributed by atoms with van der Waals surface area (Å²) in [6.07, 6.45) is 0.512. The predicted octanol–water partition coefficient (Wildman–Crippen LogP) is 2.90. The third-order valence-corrected chi connectivity index (χ3v) is 5.85. The van der Waals surface area contributed by atoms with Crippen LogP contribution in [0.3, 0.4) is 0 Å². The zero-order valence-corrected chi connectivity index (χ0v) is 16.2. The maximum absolute atomic E-state index is 12.8. The van der Waals surface area contributed by atoms with Gasteiger partial charge in [0.2, 0.25) is 5.91 Å². The largest absolute Gasteiger partial charge is 0.497 e. The van der Waals surface area contributed by atoms with E-state index in [2.05, 4.69) is 0 Å². The van der Waals surface area contributed by atoms with Crippen molar-refractivity contribution in [3.8, 4) is 5.75 Å². The van der Waals surface area contributed by atoms with E-state index in [1.54, 1.807) is 31.4 Å². The molecule has 0 spiro atoms. The van der Waals surface area contributed by atoms with E-state index in [1.807, 2.05) is 25.1 Å². The van der Waals surface area contributed by atoms with Gasteiger partial charge in [-0.3, -0.25) is 4.79 Å². The van der Waals surface area contributed by atoms with Gasteiger partial charge in [-0.15, -0.1) is 0 Å². The summed E-state index contributed by atoms with van der Waals surface area (Å²) < 4.78 is 36.2. The minimum Gasteiger partial charge on any atom is -0.497 e. The summed E-state index contributed by atoms with van der Waals surface area (Å²) in [7, 11) is -2.41. The number of carbonyl (C=O) groups is 1. The van der Waals surface area contributed by atoms with E-state index < -0.39 is 16.3 Å². The number of rotatable bonds is 7. The second-order valence-electron chi connectivity index (χ2n) is 6.56. The van der Waals surface area contributed by atoms with Crippen LogP contribution in [0.25, 0.3) is 0 Å². The SMILES string of the molecule is COc1ccc(CC(OS(=O)(=O)c2cccc(C)c2)N2CCCC2=O)cc1. The Morgan fingerprint density at radius 1 is 1.15 bits per heavy atom. The predicted molar refractivity (Wildman–Crippen MR) is 101 cm³/mol. The zero-order valence-electron chi connectivity index (χ0n) is 15.4. The Balaban J connectivity index is 1.86. The Hall–Kier alpha value is -2.38. The van der Waals surface area contributed by atoms with Crippen molar-refractivity contribution >= 4 is 16.0 Å². The van der Waals surface area contributed by atoms with Crippen LogP contribution in [0.15, 0.2) is 53.4 Å². The van der Waals surface area contributed by atoms with Crippen LogP contribution in [0, 0.1) is 6.92 Å². The van der Waals surface area contributed by atoms with E-state index in [1.165, 1.54) is 11.0 Å². The molecule has 144 valence electrons. The van der Waals surface area contributed by atoms with Gasteiger partial charge < -0.3 is 9.64 Å². The van der Waals surface area contributed by atoms with Crippen molar-refractivity contribution in [3.05, 3.63) is 59.7 Å². The minimum atomic E-state index is -3.99. The first-order valence-electron chi connectivity index (χ1n) is 8.81. The summed E-state index contributed by atoms with van der Waals surface area (Å²) in [5, 5.41) is 0. The second kappa shape index (κ2) is 8.10. The van der Waals surface area contributed by atoms with Gasteiger partial charge in [0.25, 0.3) is 10.1 Å². The van der Waals surface area contributed by atoms with Crippen molar-refractivity contribution in [3.63, 3.8) is 0 Å². The average molecular weight is 389 g/mol. The Labute approximate surface area is 159 Å². The van der Waals surface area contributed by atoms with E-state index in [-0.39, 0.29) is 17.2 Å². The number of carbonyl (C=O) groups excluding carboxylic acids is 1. The van der Waals surface area contributed by atoms with Gasteiger partial charge >= 0.3 is 0 Å². The number of benzene rings is 2. The Kier molecular flexibility index (Phi) is 5.82. The number of hydrogen-bond donors (Lipinski definition) is 0. The summed E-state index contributed by atoms with van der Waals surface area (Å²) in [5.41, 5.74) is 1.68. The van der Waals surface area contributed by atoms with Gasteiger partial charge in [-0.2, -0.15) is 8.42 Å². The van der Waals surface area contributed by atoms with Gasteiger partial charge in [-0.05, 0) is 48.7 Å². The van der Waals surface area contributed by atoms with Crippen molar-refractivity contribution in [2.24, 2.45) is 0 Å². The lowest BCUT2D eigenvalue weighted by Crippen LogP contribution is -2.41. The van der Waals surface area contributed by atoms with Crippen LogP contribution >= 0.6 is 0 Å². The third kappa shape index (κ3) is 4.67. The van der Waals surface area contributed by atoms with Gasteiger partial charge in [0.15, 0.2) is 6.23 Å². The monoisotopic (exact) mass is 389 g/mol. The van der Waals surface area contributed by atoms with Crippen molar-refractivity contribution in [2.75, 3.05) is 13.7 Å². The highest BCUT2D eigenvalue weighted by atomic mass is 32.2. The van der Waals surface area contributed by atoms with Crippen LogP contribution in [0.5, 0.6) is 5.75 Å². The highest BCUT2D eigenvalue weighted by molar-refractivity contribution is 7.86. The van der Waals surface area contributed by atoms with Crippen LogP contribution < -0.4 is 4.74 Å². The summed E-state index contributed by atoms with van der Waals surface area (Å²) >= 11 is 0. The number of methoxy groups -OCH3 is 1. The second-order valence-corrected chi connectivity index (χ2v) is 8.14. The lowest BCUT2D eigenvalue weighted by molar-refractivity contribution is -0.134. The molecule has 1 atom stereocenters. The number of likely N-dealkylation sites (tertiary alicyclic amines) is 1. The Bertz CT molecular complexity index is 908.